The van der Waals surface area contributed by atoms with Crippen molar-refractivity contribution in [1.29, 1.82) is 0 Å². The SMILES string of the molecule is Cc1c(-c2nc(-c3cc(F)ccc3F)no2)cnn1-c1ccccc1F. The Hall–Kier alpha value is -3.42. The fraction of sp³-hybridized carbons (Fsp3) is 0.0556. The van der Waals surface area contributed by atoms with Crippen LogP contribution in [0.15, 0.2) is 53.2 Å². The molecule has 8 heteroatoms. The van der Waals surface area contributed by atoms with Crippen molar-refractivity contribution in [2.24, 2.45) is 0 Å². The lowest BCUT2D eigenvalue weighted by Crippen LogP contribution is -2.01. The van der Waals surface area contributed by atoms with E-state index in [-0.39, 0.29) is 23.0 Å². The largest absolute Gasteiger partial charge is 0.333 e. The number of rotatable bonds is 3. The number of para-hydroxylation sites is 1. The first-order valence-electron chi connectivity index (χ1n) is 7.63. The van der Waals surface area contributed by atoms with Crippen LogP contribution in [0.5, 0.6) is 0 Å². The Morgan fingerprint density at radius 1 is 0.962 bits per heavy atom. The molecule has 0 spiro atoms. The highest BCUT2D eigenvalue weighted by molar-refractivity contribution is 5.62. The fourth-order valence-electron chi connectivity index (χ4n) is 2.60. The molecule has 0 fully saturated rings. The summed E-state index contributed by atoms with van der Waals surface area (Å²) in [6.45, 7) is 1.71. The van der Waals surface area contributed by atoms with E-state index in [0.717, 1.165) is 18.2 Å². The topological polar surface area (TPSA) is 56.7 Å². The van der Waals surface area contributed by atoms with Gasteiger partial charge >= 0.3 is 0 Å². The molecule has 2 aromatic carbocycles. The monoisotopic (exact) mass is 356 g/mol. The highest BCUT2D eigenvalue weighted by Gasteiger charge is 2.19. The summed E-state index contributed by atoms with van der Waals surface area (Å²) in [7, 11) is 0. The van der Waals surface area contributed by atoms with E-state index in [1.165, 1.54) is 16.9 Å². The first-order valence-corrected chi connectivity index (χ1v) is 7.63. The van der Waals surface area contributed by atoms with Crippen molar-refractivity contribution in [3.05, 3.63) is 71.8 Å². The molecule has 0 aliphatic heterocycles. The standard InChI is InChI=1S/C18H11F3N4O/c1-10-13(9-22-25(10)16-5-3-2-4-15(16)21)18-23-17(24-26-18)12-8-11(19)6-7-14(12)20/h2-9H,1H3. The van der Waals surface area contributed by atoms with E-state index in [1.54, 1.807) is 25.1 Å². The summed E-state index contributed by atoms with van der Waals surface area (Å²) in [4.78, 5) is 4.11. The maximum absolute atomic E-state index is 14.0. The average Bonchev–Trinajstić information content (AvgIpc) is 3.24. The zero-order chi connectivity index (χ0) is 18.3. The third-order valence-corrected chi connectivity index (χ3v) is 3.92. The Kier molecular flexibility index (Phi) is 3.80. The molecule has 0 bridgehead atoms. The van der Waals surface area contributed by atoms with E-state index < -0.39 is 17.5 Å². The molecule has 2 heterocycles. The lowest BCUT2D eigenvalue weighted by Gasteiger charge is -2.05. The van der Waals surface area contributed by atoms with Crippen molar-refractivity contribution < 1.29 is 17.7 Å². The van der Waals surface area contributed by atoms with Gasteiger partial charge in [-0.15, -0.1) is 0 Å². The molecule has 2 aromatic heterocycles. The van der Waals surface area contributed by atoms with Crippen molar-refractivity contribution in [1.82, 2.24) is 19.9 Å². The van der Waals surface area contributed by atoms with E-state index in [0.29, 0.717) is 11.3 Å². The van der Waals surface area contributed by atoms with Gasteiger partial charge in [-0.3, -0.25) is 0 Å². The third-order valence-electron chi connectivity index (χ3n) is 3.92. The average molecular weight is 356 g/mol. The smallest absolute Gasteiger partial charge is 0.261 e. The van der Waals surface area contributed by atoms with Crippen molar-refractivity contribution in [2.75, 3.05) is 0 Å². The van der Waals surface area contributed by atoms with Crippen LogP contribution in [-0.4, -0.2) is 19.9 Å². The molecule has 0 unspecified atom stereocenters. The van der Waals surface area contributed by atoms with Crippen molar-refractivity contribution in [3.8, 4) is 28.5 Å². The van der Waals surface area contributed by atoms with E-state index in [9.17, 15) is 13.2 Å². The number of nitrogens with zero attached hydrogens (tertiary/aromatic N) is 4. The normalized spacial score (nSPS) is 11.1. The van der Waals surface area contributed by atoms with Crippen LogP contribution in [0.1, 0.15) is 5.69 Å². The van der Waals surface area contributed by atoms with Gasteiger partial charge in [-0.1, -0.05) is 17.3 Å². The number of aromatic nitrogens is 4. The summed E-state index contributed by atoms with van der Waals surface area (Å²) in [5.74, 6) is -1.73. The van der Waals surface area contributed by atoms with Crippen LogP contribution in [-0.2, 0) is 0 Å². The van der Waals surface area contributed by atoms with Gasteiger partial charge in [-0.2, -0.15) is 10.1 Å². The van der Waals surface area contributed by atoms with E-state index in [4.69, 9.17) is 4.52 Å². The fourth-order valence-corrected chi connectivity index (χ4v) is 2.60. The van der Waals surface area contributed by atoms with Gasteiger partial charge < -0.3 is 4.52 Å². The second-order valence-corrected chi connectivity index (χ2v) is 5.55. The molecule has 0 aliphatic carbocycles. The molecule has 0 atom stereocenters. The van der Waals surface area contributed by atoms with Crippen molar-refractivity contribution in [3.63, 3.8) is 0 Å². The number of hydrogen-bond acceptors (Lipinski definition) is 4. The maximum Gasteiger partial charge on any atom is 0.261 e. The van der Waals surface area contributed by atoms with Crippen LogP contribution >= 0.6 is 0 Å². The van der Waals surface area contributed by atoms with Gasteiger partial charge in [0.15, 0.2) is 0 Å². The lowest BCUT2D eigenvalue weighted by atomic mass is 10.2. The number of hydrogen-bond donors (Lipinski definition) is 0. The zero-order valence-corrected chi connectivity index (χ0v) is 13.4. The van der Waals surface area contributed by atoms with E-state index in [1.807, 2.05) is 0 Å². The zero-order valence-electron chi connectivity index (χ0n) is 13.4. The Morgan fingerprint density at radius 3 is 2.58 bits per heavy atom. The highest BCUT2D eigenvalue weighted by Crippen LogP contribution is 2.28. The maximum atomic E-state index is 14.0. The van der Waals surface area contributed by atoms with E-state index >= 15 is 0 Å². The highest BCUT2D eigenvalue weighted by atomic mass is 19.1. The summed E-state index contributed by atoms with van der Waals surface area (Å²) in [5.41, 5.74) is 1.18. The molecule has 26 heavy (non-hydrogen) atoms. The molecule has 0 aliphatic rings. The van der Waals surface area contributed by atoms with Gasteiger partial charge in [0.05, 0.1) is 23.0 Å². The van der Waals surface area contributed by atoms with Gasteiger partial charge in [0.2, 0.25) is 5.82 Å². The lowest BCUT2D eigenvalue weighted by molar-refractivity contribution is 0.431. The van der Waals surface area contributed by atoms with E-state index in [2.05, 4.69) is 15.2 Å². The molecule has 5 nitrogen and oxygen atoms in total. The summed E-state index contributed by atoms with van der Waals surface area (Å²) < 4.78 is 47.8. The first kappa shape index (κ1) is 16.1. The molecule has 0 radical (unpaired) electrons. The van der Waals surface area contributed by atoms with Gasteiger partial charge in [-0.05, 0) is 37.3 Å². The minimum atomic E-state index is -0.669. The van der Waals surface area contributed by atoms with Crippen LogP contribution in [0, 0.1) is 24.4 Å². The minimum absolute atomic E-state index is 0.0729. The van der Waals surface area contributed by atoms with Crippen LogP contribution in [0.3, 0.4) is 0 Å². The molecule has 0 saturated heterocycles. The predicted molar refractivity (Wildman–Crippen MR) is 86.9 cm³/mol. The second-order valence-electron chi connectivity index (χ2n) is 5.55. The Morgan fingerprint density at radius 2 is 1.77 bits per heavy atom. The quantitative estimate of drug-likeness (QED) is 0.549. The van der Waals surface area contributed by atoms with Gasteiger partial charge in [0.1, 0.15) is 23.1 Å². The van der Waals surface area contributed by atoms with Gasteiger partial charge in [0, 0.05) is 0 Å². The number of halogens is 3. The summed E-state index contributed by atoms with van der Waals surface area (Å²) in [6.07, 6.45) is 1.45. The molecular weight excluding hydrogens is 345 g/mol. The Balaban J connectivity index is 1.75. The van der Waals surface area contributed by atoms with Gasteiger partial charge in [0.25, 0.3) is 5.89 Å². The van der Waals surface area contributed by atoms with Crippen LogP contribution in [0.2, 0.25) is 0 Å². The molecule has 0 saturated carbocycles. The van der Waals surface area contributed by atoms with Crippen LogP contribution in [0.4, 0.5) is 13.2 Å². The van der Waals surface area contributed by atoms with Crippen LogP contribution < -0.4 is 0 Å². The summed E-state index contributed by atoms with van der Waals surface area (Å²) in [5, 5.41) is 7.85. The first-order chi connectivity index (χ1) is 12.5. The molecule has 4 aromatic rings. The number of benzene rings is 2. The Labute approximate surface area is 145 Å². The minimum Gasteiger partial charge on any atom is -0.333 e. The molecule has 0 amide bonds. The van der Waals surface area contributed by atoms with Crippen molar-refractivity contribution >= 4 is 0 Å². The van der Waals surface area contributed by atoms with Crippen LogP contribution in [0.25, 0.3) is 28.5 Å². The molecule has 130 valence electrons. The predicted octanol–water partition coefficient (Wildman–Crippen LogP) is 4.32. The molecular formula is C18H11F3N4O. The Bertz CT molecular complexity index is 1100. The van der Waals surface area contributed by atoms with Crippen molar-refractivity contribution in [2.45, 2.75) is 6.92 Å². The third kappa shape index (κ3) is 2.65. The summed E-state index contributed by atoms with van der Waals surface area (Å²) >= 11 is 0. The second kappa shape index (κ2) is 6.14. The van der Waals surface area contributed by atoms with Gasteiger partial charge in [-0.25, -0.2) is 17.9 Å². The molecule has 4 rings (SSSR count). The summed E-state index contributed by atoms with van der Waals surface area (Å²) in [6, 6.07) is 9.16. The molecule has 0 N–H and O–H groups in total.